The maximum atomic E-state index is 12.1. The molecule has 24 heavy (non-hydrogen) atoms. The Labute approximate surface area is 142 Å². The molecule has 6 heteroatoms. The van der Waals surface area contributed by atoms with Crippen LogP contribution in [0, 0.1) is 19.8 Å². The summed E-state index contributed by atoms with van der Waals surface area (Å²) < 4.78 is 1.94. The quantitative estimate of drug-likeness (QED) is 0.826. The van der Waals surface area contributed by atoms with Crippen LogP contribution in [0.2, 0.25) is 0 Å². The fourth-order valence-electron chi connectivity index (χ4n) is 2.51. The third kappa shape index (κ3) is 4.44. The lowest BCUT2D eigenvalue weighted by Gasteiger charge is -2.09. The molecule has 0 aliphatic rings. The Bertz CT molecular complexity index is 720. The van der Waals surface area contributed by atoms with E-state index in [1.54, 1.807) is 24.3 Å². The monoisotopic (exact) mass is 328 g/mol. The van der Waals surface area contributed by atoms with Crippen LogP contribution in [0.4, 0.5) is 0 Å². The number of hydrogen-bond acceptors (Lipinski definition) is 3. The Morgan fingerprint density at radius 3 is 2.42 bits per heavy atom. The van der Waals surface area contributed by atoms with Crippen LogP contribution in [0.25, 0.3) is 0 Å². The first kappa shape index (κ1) is 17.7. The third-order valence-corrected chi connectivity index (χ3v) is 3.76. The van der Waals surface area contributed by atoms with Gasteiger partial charge >= 0.3 is 0 Å². The molecule has 0 aliphatic carbocycles. The zero-order valence-corrected chi connectivity index (χ0v) is 14.6. The normalized spacial score (nSPS) is 10.7. The second-order valence-corrected chi connectivity index (χ2v) is 6.27. The maximum Gasteiger partial charge on any atom is 0.269 e. The molecule has 0 saturated carbocycles. The van der Waals surface area contributed by atoms with Gasteiger partial charge in [0.05, 0.1) is 12.1 Å². The van der Waals surface area contributed by atoms with Gasteiger partial charge in [-0.25, -0.2) is 0 Å². The summed E-state index contributed by atoms with van der Waals surface area (Å²) in [6.07, 6.45) is 0.185. The molecule has 0 atom stereocenters. The fourth-order valence-corrected chi connectivity index (χ4v) is 2.51. The van der Waals surface area contributed by atoms with Crippen LogP contribution in [0.5, 0.6) is 0 Å². The molecule has 1 heterocycles. The van der Waals surface area contributed by atoms with Gasteiger partial charge in [0, 0.05) is 23.4 Å². The van der Waals surface area contributed by atoms with Crippen molar-refractivity contribution in [1.29, 1.82) is 0 Å². The first-order valence-corrected chi connectivity index (χ1v) is 8.05. The highest BCUT2D eigenvalue weighted by molar-refractivity contribution is 5.95. The highest BCUT2D eigenvalue weighted by atomic mass is 16.2. The molecular weight excluding hydrogens is 304 g/mol. The lowest BCUT2D eigenvalue weighted by atomic mass is 10.1. The van der Waals surface area contributed by atoms with Crippen molar-refractivity contribution in [2.75, 3.05) is 0 Å². The summed E-state index contributed by atoms with van der Waals surface area (Å²) in [6, 6.07) is 8.74. The minimum atomic E-state index is -0.340. The number of amides is 2. The van der Waals surface area contributed by atoms with Crippen molar-refractivity contribution in [3.05, 3.63) is 52.8 Å². The number of hydrogen-bond donors (Lipinski definition) is 2. The number of rotatable bonds is 5. The molecule has 6 nitrogen and oxygen atoms in total. The van der Waals surface area contributed by atoms with Crippen LogP contribution in [0.1, 0.15) is 41.2 Å². The molecule has 1 aromatic carbocycles. The molecule has 0 radical (unpaired) electrons. The summed E-state index contributed by atoms with van der Waals surface area (Å²) in [7, 11) is 0. The minimum absolute atomic E-state index is 0.185. The largest absolute Gasteiger partial charge is 0.273 e. The predicted octanol–water partition coefficient (Wildman–Crippen LogP) is 2.16. The molecule has 0 bridgehead atoms. The van der Waals surface area contributed by atoms with E-state index in [4.69, 9.17) is 0 Å². The first-order chi connectivity index (χ1) is 11.4. The zero-order valence-electron chi connectivity index (χ0n) is 14.6. The van der Waals surface area contributed by atoms with Crippen LogP contribution >= 0.6 is 0 Å². The average Bonchev–Trinajstić information content (AvgIpc) is 2.80. The van der Waals surface area contributed by atoms with Crippen molar-refractivity contribution in [1.82, 2.24) is 20.6 Å². The third-order valence-electron chi connectivity index (χ3n) is 3.76. The number of carbonyl (C=O) groups excluding carboxylic acids is 2. The van der Waals surface area contributed by atoms with Gasteiger partial charge in [-0.1, -0.05) is 32.0 Å². The van der Waals surface area contributed by atoms with E-state index in [0.29, 0.717) is 11.5 Å². The van der Waals surface area contributed by atoms with Crippen molar-refractivity contribution in [3.8, 4) is 0 Å². The number of aromatic nitrogens is 2. The second kappa shape index (κ2) is 7.77. The minimum Gasteiger partial charge on any atom is -0.273 e. The van der Waals surface area contributed by atoms with Gasteiger partial charge in [-0.2, -0.15) is 5.10 Å². The Morgan fingerprint density at radius 2 is 1.79 bits per heavy atom. The van der Waals surface area contributed by atoms with Crippen molar-refractivity contribution in [2.24, 2.45) is 5.92 Å². The summed E-state index contributed by atoms with van der Waals surface area (Å²) in [4.78, 5) is 24.0. The second-order valence-electron chi connectivity index (χ2n) is 6.27. The summed E-state index contributed by atoms with van der Waals surface area (Å²) in [5, 5.41) is 4.50. The zero-order chi connectivity index (χ0) is 17.7. The number of benzene rings is 1. The summed E-state index contributed by atoms with van der Waals surface area (Å²) in [5.41, 5.74) is 8.13. The molecule has 2 N–H and O–H groups in total. The Kier molecular flexibility index (Phi) is 5.73. The van der Waals surface area contributed by atoms with Crippen LogP contribution in [0.15, 0.2) is 30.3 Å². The average molecular weight is 328 g/mol. The van der Waals surface area contributed by atoms with Crippen molar-refractivity contribution in [3.63, 3.8) is 0 Å². The molecule has 2 aromatic rings. The van der Waals surface area contributed by atoms with Crippen LogP contribution in [-0.4, -0.2) is 21.6 Å². The van der Waals surface area contributed by atoms with Gasteiger partial charge in [-0.15, -0.1) is 0 Å². The van der Waals surface area contributed by atoms with Gasteiger partial charge in [-0.05, 0) is 31.9 Å². The number of hydrazine groups is 1. The van der Waals surface area contributed by atoms with Crippen molar-refractivity contribution in [2.45, 2.75) is 40.7 Å². The number of nitrogens with one attached hydrogen (secondary N) is 2. The summed E-state index contributed by atoms with van der Waals surface area (Å²) in [6.45, 7) is 8.94. The topological polar surface area (TPSA) is 76.0 Å². The van der Waals surface area contributed by atoms with Gasteiger partial charge in [0.1, 0.15) is 0 Å². The van der Waals surface area contributed by atoms with Gasteiger partial charge in [0.15, 0.2) is 0 Å². The van der Waals surface area contributed by atoms with Crippen LogP contribution < -0.4 is 10.9 Å². The van der Waals surface area contributed by atoms with Gasteiger partial charge in [0.25, 0.3) is 5.91 Å². The molecule has 0 spiro atoms. The molecule has 2 amide bonds. The smallest absolute Gasteiger partial charge is 0.269 e. The Balaban J connectivity index is 1.95. The van der Waals surface area contributed by atoms with E-state index < -0.39 is 0 Å². The van der Waals surface area contributed by atoms with Gasteiger partial charge in [0.2, 0.25) is 5.91 Å². The van der Waals surface area contributed by atoms with Gasteiger partial charge in [-0.3, -0.25) is 25.1 Å². The number of carbonyl (C=O) groups is 2. The molecule has 1 aromatic heterocycles. The molecular formula is C18H24N4O2. The van der Waals surface area contributed by atoms with E-state index in [-0.39, 0.29) is 18.2 Å². The van der Waals surface area contributed by atoms with E-state index in [0.717, 1.165) is 23.5 Å². The SMILES string of the molecule is Cc1nn(CC(C)C)c(C)c1CC(=O)NNC(=O)c1ccccc1. The molecule has 0 unspecified atom stereocenters. The highest BCUT2D eigenvalue weighted by Gasteiger charge is 2.16. The van der Waals surface area contributed by atoms with E-state index >= 15 is 0 Å². The van der Waals surface area contributed by atoms with Gasteiger partial charge < -0.3 is 0 Å². The molecule has 0 aliphatic heterocycles. The van der Waals surface area contributed by atoms with Crippen molar-refractivity contribution >= 4 is 11.8 Å². The van der Waals surface area contributed by atoms with E-state index in [9.17, 15) is 9.59 Å². The molecule has 0 fully saturated rings. The standard InChI is InChI=1S/C18H24N4O2/c1-12(2)11-22-14(4)16(13(3)21-22)10-17(23)19-20-18(24)15-8-6-5-7-9-15/h5-9,12H,10-11H2,1-4H3,(H,19,23)(H,20,24). The summed E-state index contributed by atoms with van der Waals surface area (Å²) in [5.74, 6) is -0.127. The van der Waals surface area contributed by atoms with E-state index in [1.165, 1.54) is 0 Å². The Hall–Kier alpha value is -2.63. The van der Waals surface area contributed by atoms with Crippen LogP contribution in [0.3, 0.4) is 0 Å². The fraction of sp³-hybridized carbons (Fsp3) is 0.389. The first-order valence-electron chi connectivity index (χ1n) is 8.05. The van der Waals surface area contributed by atoms with Crippen molar-refractivity contribution < 1.29 is 9.59 Å². The lowest BCUT2D eigenvalue weighted by molar-refractivity contribution is -0.121. The summed E-state index contributed by atoms with van der Waals surface area (Å²) >= 11 is 0. The highest BCUT2D eigenvalue weighted by Crippen LogP contribution is 2.15. The number of nitrogens with zero attached hydrogens (tertiary/aromatic N) is 2. The van der Waals surface area contributed by atoms with E-state index in [1.807, 2.05) is 24.6 Å². The van der Waals surface area contributed by atoms with Crippen LogP contribution in [-0.2, 0) is 17.8 Å². The van der Waals surface area contributed by atoms with E-state index in [2.05, 4.69) is 29.8 Å². The number of aryl methyl sites for hydroxylation is 1. The molecule has 2 rings (SSSR count). The predicted molar refractivity (Wildman–Crippen MR) is 92.3 cm³/mol. The Morgan fingerprint density at radius 1 is 1.12 bits per heavy atom. The molecule has 128 valence electrons. The maximum absolute atomic E-state index is 12.1. The lowest BCUT2D eigenvalue weighted by Crippen LogP contribution is -2.42. The molecule has 0 saturated heterocycles.